The van der Waals surface area contributed by atoms with Crippen LogP contribution in [0.3, 0.4) is 0 Å². The highest BCUT2D eigenvalue weighted by molar-refractivity contribution is 8.13. The summed E-state index contributed by atoms with van der Waals surface area (Å²) in [7, 11) is 1.32. The maximum atomic E-state index is 12.7. The fourth-order valence-corrected chi connectivity index (χ4v) is 4.87. The Bertz CT molecular complexity index is 816. The minimum Gasteiger partial charge on any atom is -0.467 e. The van der Waals surface area contributed by atoms with Crippen LogP contribution in [-0.2, 0) is 14.3 Å². The Labute approximate surface area is 204 Å². The quantitative estimate of drug-likeness (QED) is 0.419. The molecule has 0 saturated carbocycles. The van der Waals surface area contributed by atoms with Crippen LogP contribution >= 0.6 is 23.5 Å². The van der Waals surface area contributed by atoms with Gasteiger partial charge in [-0.3, -0.25) is 4.79 Å². The van der Waals surface area contributed by atoms with Gasteiger partial charge in [0.05, 0.1) is 7.11 Å². The lowest BCUT2D eigenvalue weighted by molar-refractivity contribution is -0.142. The molecule has 1 heterocycles. The van der Waals surface area contributed by atoms with Crippen molar-refractivity contribution in [2.45, 2.75) is 56.5 Å². The molecule has 1 amide bonds. The monoisotopic (exact) mass is 497 g/mol. The number of rotatable bonds is 10. The molecule has 1 saturated heterocycles. The van der Waals surface area contributed by atoms with Crippen LogP contribution in [0.1, 0.15) is 44.0 Å². The third kappa shape index (κ3) is 9.85. The molecule has 3 atom stereocenters. The van der Waals surface area contributed by atoms with Gasteiger partial charge in [0.15, 0.2) is 0 Å². The van der Waals surface area contributed by atoms with Crippen molar-refractivity contribution in [3.05, 3.63) is 29.8 Å². The Balaban J connectivity index is 1.85. The van der Waals surface area contributed by atoms with E-state index in [0.717, 1.165) is 24.4 Å². The van der Waals surface area contributed by atoms with Gasteiger partial charge in [-0.05, 0) is 75.6 Å². The SMILES string of the molecule is COC(=O)C(CCSC)NC(=O)c1cccc(NCC2CC(SC(=O)OC(C)(C)C)CN2)c1. The first-order chi connectivity index (χ1) is 15.6. The summed E-state index contributed by atoms with van der Waals surface area (Å²) in [6.07, 6.45) is 3.30. The van der Waals surface area contributed by atoms with Crippen LogP contribution in [0.4, 0.5) is 10.5 Å². The number of amides is 1. The van der Waals surface area contributed by atoms with Gasteiger partial charge in [-0.25, -0.2) is 9.59 Å². The van der Waals surface area contributed by atoms with Crippen molar-refractivity contribution in [1.82, 2.24) is 10.6 Å². The fourth-order valence-electron chi connectivity index (χ4n) is 3.32. The summed E-state index contributed by atoms with van der Waals surface area (Å²) < 4.78 is 10.2. The van der Waals surface area contributed by atoms with E-state index in [1.54, 1.807) is 30.0 Å². The molecule has 3 unspecified atom stereocenters. The smallest absolute Gasteiger partial charge is 0.368 e. The Hall–Kier alpha value is -1.91. The fraction of sp³-hybridized carbons (Fsp3) is 0.609. The van der Waals surface area contributed by atoms with Gasteiger partial charge in [-0.2, -0.15) is 11.8 Å². The second kappa shape index (κ2) is 13.1. The highest BCUT2D eigenvalue weighted by atomic mass is 32.2. The van der Waals surface area contributed by atoms with Gasteiger partial charge < -0.3 is 25.4 Å². The third-order valence-corrected chi connectivity index (χ3v) is 6.53. The Morgan fingerprint density at radius 1 is 1.27 bits per heavy atom. The Morgan fingerprint density at radius 3 is 2.70 bits per heavy atom. The third-order valence-electron chi connectivity index (χ3n) is 4.91. The number of methoxy groups -OCH3 is 1. The topological polar surface area (TPSA) is 106 Å². The summed E-state index contributed by atoms with van der Waals surface area (Å²) in [5.41, 5.74) is 0.794. The minimum absolute atomic E-state index is 0.167. The second-order valence-corrected chi connectivity index (χ2v) is 11.1. The van der Waals surface area contributed by atoms with E-state index in [-0.39, 0.29) is 22.5 Å². The number of ether oxygens (including phenoxy) is 2. The van der Waals surface area contributed by atoms with Crippen molar-refractivity contribution in [3.63, 3.8) is 0 Å². The van der Waals surface area contributed by atoms with Crippen molar-refractivity contribution >= 4 is 46.4 Å². The maximum absolute atomic E-state index is 12.7. The van der Waals surface area contributed by atoms with Crippen LogP contribution in [-0.4, -0.2) is 72.3 Å². The van der Waals surface area contributed by atoms with E-state index in [1.807, 2.05) is 33.1 Å². The van der Waals surface area contributed by atoms with Crippen LogP contribution in [0.15, 0.2) is 24.3 Å². The number of anilines is 1. The van der Waals surface area contributed by atoms with Gasteiger partial charge in [0.2, 0.25) is 0 Å². The number of carbonyl (C=O) groups is 3. The zero-order chi connectivity index (χ0) is 24.4. The molecule has 2 rings (SSSR count). The molecule has 3 N–H and O–H groups in total. The summed E-state index contributed by atoms with van der Waals surface area (Å²) in [6, 6.07) is 6.70. The second-order valence-electron chi connectivity index (χ2n) is 8.84. The standard InChI is InChI=1S/C23H35N3O5S2/c1-23(2,3)31-22(29)33-18-12-17(25-14-18)13-24-16-8-6-7-15(11-16)20(27)26-19(9-10-32-5)21(28)30-4/h6-8,11,17-19,24-25H,9-10,12-14H2,1-5H3,(H,26,27). The number of hydrogen-bond donors (Lipinski definition) is 3. The molecule has 1 aromatic rings. The summed E-state index contributed by atoms with van der Waals surface area (Å²) in [4.78, 5) is 36.7. The molecule has 184 valence electrons. The summed E-state index contributed by atoms with van der Waals surface area (Å²) in [5.74, 6) is -0.0239. The number of esters is 1. The predicted octanol–water partition coefficient (Wildman–Crippen LogP) is 3.52. The predicted molar refractivity (Wildman–Crippen MR) is 135 cm³/mol. The first kappa shape index (κ1) is 27.3. The van der Waals surface area contributed by atoms with Crippen molar-refractivity contribution in [1.29, 1.82) is 0 Å². The average molecular weight is 498 g/mol. The van der Waals surface area contributed by atoms with E-state index in [4.69, 9.17) is 9.47 Å². The lowest BCUT2D eigenvalue weighted by Gasteiger charge is -2.20. The molecular formula is C23H35N3O5S2. The largest absolute Gasteiger partial charge is 0.467 e. The van der Waals surface area contributed by atoms with Gasteiger partial charge in [0, 0.05) is 35.6 Å². The van der Waals surface area contributed by atoms with E-state index in [9.17, 15) is 14.4 Å². The van der Waals surface area contributed by atoms with Gasteiger partial charge in [0.1, 0.15) is 11.6 Å². The van der Waals surface area contributed by atoms with Crippen LogP contribution in [0.25, 0.3) is 0 Å². The van der Waals surface area contributed by atoms with Crippen molar-refractivity contribution in [2.24, 2.45) is 0 Å². The van der Waals surface area contributed by atoms with Crippen LogP contribution in [0.5, 0.6) is 0 Å². The highest BCUT2D eigenvalue weighted by Gasteiger charge is 2.28. The first-order valence-corrected chi connectivity index (χ1v) is 13.2. The van der Waals surface area contributed by atoms with Gasteiger partial charge in [0.25, 0.3) is 5.91 Å². The molecule has 8 nitrogen and oxygen atoms in total. The molecule has 33 heavy (non-hydrogen) atoms. The molecule has 1 aliphatic heterocycles. The van der Waals surface area contributed by atoms with E-state index in [2.05, 4.69) is 16.0 Å². The van der Waals surface area contributed by atoms with Gasteiger partial charge >= 0.3 is 11.3 Å². The van der Waals surface area contributed by atoms with Crippen LogP contribution in [0.2, 0.25) is 0 Å². The van der Waals surface area contributed by atoms with Crippen molar-refractivity contribution < 1.29 is 23.9 Å². The van der Waals surface area contributed by atoms with E-state index >= 15 is 0 Å². The van der Waals surface area contributed by atoms with E-state index in [0.29, 0.717) is 18.5 Å². The highest BCUT2D eigenvalue weighted by Crippen LogP contribution is 2.25. The van der Waals surface area contributed by atoms with Gasteiger partial charge in [-0.15, -0.1) is 0 Å². The van der Waals surface area contributed by atoms with Gasteiger partial charge in [-0.1, -0.05) is 6.07 Å². The molecule has 1 aromatic carbocycles. The first-order valence-electron chi connectivity index (χ1n) is 11.0. The van der Waals surface area contributed by atoms with Crippen molar-refractivity contribution in [3.8, 4) is 0 Å². The van der Waals surface area contributed by atoms with E-state index in [1.165, 1.54) is 18.9 Å². The van der Waals surface area contributed by atoms with Crippen LogP contribution in [0, 0.1) is 0 Å². The molecule has 0 radical (unpaired) electrons. The summed E-state index contributed by atoms with van der Waals surface area (Å²) in [6.45, 7) is 6.98. The normalized spacial score (nSPS) is 18.9. The number of carbonyl (C=O) groups excluding carboxylic acids is 3. The number of thioether (sulfide) groups is 2. The lowest BCUT2D eigenvalue weighted by Crippen LogP contribution is -2.42. The Kier molecular flexibility index (Phi) is 10.9. The number of hydrogen-bond acceptors (Lipinski definition) is 9. The summed E-state index contributed by atoms with van der Waals surface area (Å²) >= 11 is 2.84. The molecular weight excluding hydrogens is 462 g/mol. The zero-order valence-electron chi connectivity index (χ0n) is 19.9. The molecule has 0 spiro atoms. The molecule has 0 aliphatic carbocycles. The maximum Gasteiger partial charge on any atom is 0.368 e. The number of benzene rings is 1. The van der Waals surface area contributed by atoms with E-state index < -0.39 is 17.6 Å². The minimum atomic E-state index is -0.673. The van der Waals surface area contributed by atoms with Crippen LogP contribution < -0.4 is 16.0 Å². The molecule has 1 aliphatic rings. The van der Waals surface area contributed by atoms with Crippen molar-refractivity contribution in [2.75, 3.05) is 37.5 Å². The molecule has 10 heteroatoms. The summed E-state index contributed by atoms with van der Waals surface area (Å²) in [5, 5.41) is 9.47. The lowest BCUT2D eigenvalue weighted by atomic mass is 10.1. The zero-order valence-corrected chi connectivity index (χ0v) is 21.6. The molecule has 1 fully saturated rings. The Morgan fingerprint density at radius 2 is 2.03 bits per heavy atom. The molecule has 0 aromatic heterocycles. The number of nitrogens with one attached hydrogen (secondary N) is 3. The molecule has 0 bridgehead atoms. The average Bonchev–Trinajstić information content (AvgIpc) is 3.20.